The van der Waals surface area contributed by atoms with E-state index in [1.807, 2.05) is 0 Å². The van der Waals surface area contributed by atoms with Crippen LogP contribution in [0.3, 0.4) is 0 Å². The summed E-state index contributed by atoms with van der Waals surface area (Å²) >= 11 is 0. The topological polar surface area (TPSA) is 49.4 Å². The van der Waals surface area contributed by atoms with Crippen LogP contribution in [0.15, 0.2) is 0 Å². The molecule has 0 spiro atoms. The smallest absolute Gasteiger partial charge is 0.151 e. The second kappa shape index (κ2) is 5.24. The van der Waals surface area contributed by atoms with Crippen molar-refractivity contribution in [1.29, 1.82) is 0 Å². The van der Waals surface area contributed by atoms with Gasteiger partial charge >= 0.3 is 0 Å². The van der Waals surface area contributed by atoms with E-state index in [1.165, 1.54) is 12.8 Å². The summed E-state index contributed by atoms with van der Waals surface area (Å²) in [6.07, 6.45) is 4.41. The summed E-state index contributed by atoms with van der Waals surface area (Å²) in [7, 11) is -2.77. The highest BCUT2D eigenvalue weighted by Gasteiger charge is 2.34. The highest BCUT2D eigenvalue weighted by Crippen LogP contribution is 2.24. The molecule has 5 heteroatoms. The third kappa shape index (κ3) is 3.42. The molecule has 0 saturated carbocycles. The van der Waals surface area contributed by atoms with Crippen molar-refractivity contribution >= 4 is 9.84 Å². The van der Waals surface area contributed by atoms with E-state index < -0.39 is 9.84 Å². The summed E-state index contributed by atoms with van der Waals surface area (Å²) in [5, 5.41) is 3.62. The average Bonchev–Trinajstić information content (AvgIpc) is 2.68. The molecular formula is C12H24N2O2S. The first kappa shape index (κ1) is 13.3. The fourth-order valence-corrected chi connectivity index (χ4v) is 4.30. The Bertz CT molecular complexity index is 348. The minimum absolute atomic E-state index is 0.244. The van der Waals surface area contributed by atoms with Crippen LogP contribution in [0.1, 0.15) is 32.6 Å². The van der Waals surface area contributed by atoms with E-state index in [1.54, 1.807) is 0 Å². The third-order valence-corrected chi connectivity index (χ3v) is 5.90. The fourth-order valence-electron chi connectivity index (χ4n) is 2.99. The second-order valence-corrected chi connectivity index (χ2v) is 7.75. The largest absolute Gasteiger partial charge is 0.310 e. The molecule has 2 aliphatic rings. The van der Waals surface area contributed by atoms with E-state index in [0.717, 1.165) is 32.5 Å². The SMILES string of the molecule is CCC1(CN2CCCS(=O)(=O)CC2)CCCN1. The Morgan fingerprint density at radius 3 is 2.71 bits per heavy atom. The molecular weight excluding hydrogens is 236 g/mol. The highest BCUT2D eigenvalue weighted by atomic mass is 32.2. The Morgan fingerprint density at radius 1 is 1.24 bits per heavy atom. The molecule has 0 radical (unpaired) electrons. The Hall–Kier alpha value is -0.130. The van der Waals surface area contributed by atoms with E-state index in [9.17, 15) is 8.42 Å². The molecule has 0 amide bonds. The molecule has 0 aliphatic carbocycles. The van der Waals surface area contributed by atoms with Crippen LogP contribution in [0.4, 0.5) is 0 Å². The first-order valence-corrected chi connectivity index (χ1v) is 8.55. The Labute approximate surface area is 105 Å². The minimum atomic E-state index is -2.77. The van der Waals surface area contributed by atoms with Crippen LogP contribution in [0.5, 0.6) is 0 Å². The van der Waals surface area contributed by atoms with Crippen molar-refractivity contribution in [3.63, 3.8) is 0 Å². The lowest BCUT2D eigenvalue weighted by Gasteiger charge is -2.34. The lowest BCUT2D eigenvalue weighted by Crippen LogP contribution is -2.50. The number of hydrogen-bond acceptors (Lipinski definition) is 4. The monoisotopic (exact) mass is 260 g/mol. The van der Waals surface area contributed by atoms with Crippen molar-refractivity contribution in [2.45, 2.75) is 38.1 Å². The molecule has 0 bridgehead atoms. The lowest BCUT2D eigenvalue weighted by molar-refractivity contribution is 0.198. The Balaban J connectivity index is 1.94. The van der Waals surface area contributed by atoms with Gasteiger partial charge in [0.25, 0.3) is 0 Å². The number of hydrogen-bond donors (Lipinski definition) is 1. The van der Waals surface area contributed by atoms with Gasteiger partial charge in [-0.1, -0.05) is 6.92 Å². The summed E-state index contributed by atoms with van der Waals surface area (Å²) < 4.78 is 23.1. The molecule has 0 aromatic heterocycles. The molecule has 0 aromatic rings. The highest BCUT2D eigenvalue weighted by molar-refractivity contribution is 7.91. The zero-order valence-electron chi connectivity index (χ0n) is 10.7. The number of nitrogens with one attached hydrogen (secondary N) is 1. The van der Waals surface area contributed by atoms with Gasteiger partial charge in [-0.15, -0.1) is 0 Å². The van der Waals surface area contributed by atoms with Gasteiger partial charge in [-0.2, -0.15) is 0 Å². The molecule has 1 N–H and O–H groups in total. The van der Waals surface area contributed by atoms with Gasteiger partial charge in [-0.05, 0) is 38.8 Å². The number of rotatable bonds is 3. The van der Waals surface area contributed by atoms with Gasteiger partial charge in [0, 0.05) is 18.6 Å². The second-order valence-electron chi connectivity index (χ2n) is 5.45. The normalized spacial score (nSPS) is 34.6. The van der Waals surface area contributed by atoms with Gasteiger partial charge in [0.15, 0.2) is 9.84 Å². The van der Waals surface area contributed by atoms with Crippen LogP contribution in [-0.4, -0.2) is 56.5 Å². The molecule has 2 heterocycles. The lowest BCUT2D eigenvalue weighted by atomic mass is 9.93. The molecule has 2 fully saturated rings. The van der Waals surface area contributed by atoms with E-state index in [-0.39, 0.29) is 5.54 Å². The summed E-state index contributed by atoms with van der Waals surface area (Å²) in [6, 6.07) is 0. The van der Waals surface area contributed by atoms with Crippen molar-refractivity contribution in [3.05, 3.63) is 0 Å². The zero-order valence-corrected chi connectivity index (χ0v) is 11.6. The van der Waals surface area contributed by atoms with Crippen LogP contribution in [0, 0.1) is 0 Å². The quantitative estimate of drug-likeness (QED) is 0.809. The summed E-state index contributed by atoms with van der Waals surface area (Å²) in [5.74, 6) is 0.711. The standard InChI is InChI=1S/C12H24N2O2S/c1-2-12(5-3-6-13-12)11-14-7-4-9-17(15,16)10-8-14/h13H,2-11H2,1H3. The molecule has 2 rings (SSSR count). The number of sulfone groups is 1. The molecule has 2 aliphatic heterocycles. The van der Waals surface area contributed by atoms with E-state index in [4.69, 9.17) is 0 Å². The number of nitrogens with zero attached hydrogens (tertiary/aromatic N) is 1. The minimum Gasteiger partial charge on any atom is -0.310 e. The maximum atomic E-state index is 11.6. The van der Waals surface area contributed by atoms with Gasteiger partial charge in [-0.25, -0.2) is 8.42 Å². The molecule has 0 aromatic carbocycles. The third-order valence-electron chi connectivity index (χ3n) is 4.18. The fraction of sp³-hybridized carbons (Fsp3) is 1.00. The van der Waals surface area contributed by atoms with Crippen molar-refractivity contribution in [2.75, 3.05) is 37.7 Å². The van der Waals surface area contributed by atoms with Gasteiger partial charge in [0.1, 0.15) is 0 Å². The van der Waals surface area contributed by atoms with Gasteiger partial charge in [0.05, 0.1) is 11.5 Å². The molecule has 4 nitrogen and oxygen atoms in total. The first-order valence-electron chi connectivity index (χ1n) is 6.73. The molecule has 2 saturated heterocycles. The van der Waals surface area contributed by atoms with E-state index >= 15 is 0 Å². The van der Waals surface area contributed by atoms with Gasteiger partial charge in [0.2, 0.25) is 0 Å². The summed E-state index contributed by atoms with van der Waals surface area (Å²) in [5.41, 5.74) is 0.244. The predicted molar refractivity (Wildman–Crippen MR) is 70.0 cm³/mol. The van der Waals surface area contributed by atoms with Crippen LogP contribution < -0.4 is 5.32 Å². The van der Waals surface area contributed by atoms with Crippen molar-refractivity contribution in [2.24, 2.45) is 0 Å². The van der Waals surface area contributed by atoms with Crippen LogP contribution >= 0.6 is 0 Å². The van der Waals surface area contributed by atoms with Gasteiger partial charge < -0.3 is 10.2 Å². The Morgan fingerprint density at radius 2 is 2.06 bits per heavy atom. The van der Waals surface area contributed by atoms with Crippen molar-refractivity contribution in [3.8, 4) is 0 Å². The van der Waals surface area contributed by atoms with Crippen LogP contribution in [-0.2, 0) is 9.84 Å². The first-order chi connectivity index (χ1) is 8.05. The van der Waals surface area contributed by atoms with Gasteiger partial charge in [-0.3, -0.25) is 0 Å². The maximum Gasteiger partial charge on any atom is 0.151 e. The average molecular weight is 260 g/mol. The molecule has 17 heavy (non-hydrogen) atoms. The Kier molecular flexibility index (Phi) is 4.10. The molecule has 1 unspecified atom stereocenters. The zero-order chi connectivity index (χ0) is 12.4. The van der Waals surface area contributed by atoms with Crippen molar-refractivity contribution < 1.29 is 8.42 Å². The van der Waals surface area contributed by atoms with E-state index in [2.05, 4.69) is 17.1 Å². The van der Waals surface area contributed by atoms with E-state index in [0.29, 0.717) is 18.1 Å². The van der Waals surface area contributed by atoms with Crippen molar-refractivity contribution in [1.82, 2.24) is 10.2 Å². The van der Waals surface area contributed by atoms with Crippen LogP contribution in [0.25, 0.3) is 0 Å². The predicted octanol–water partition coefficient (Wildman–Crippen LogP) is 0.639. The molecule has 100 valence electrons. The molecule has 1 atom stereocenters. The summed E-state index contributed by atoms with van der Waals surface area (Å²) in [4.78, 5) is 2.34. The maximum absolute atomic E-state index is 11.6. The summed E-state index contributed by atoms with van der Waals surface area (Å²) in [6.45, 7) is 6.00. The van der Waals surface area contributed by atoms with Crippen LogP contribution in [0.2, 0.25) is 0 Å².